The predicted molar refractivity (Wildman–Crippen MR) is 96.5 cm³/mol. The first-order valence-electron chi connectivity index (χ1n) is 8.25. The lowest BCUT2D eigenvalue weighted by Crippen LogP contribution is -2.00. The second-order valence-corrected chi connectivity index (χ2v) is 6.17. The van der Waals surface area contributed by atoms with Crippen LogP contribution in [0.15, 0.2) is 72.6 Å². The lowest BCUT2D eigenvalue weighted by molar-refractivity contribution is -0.139. The zero-order chi connectivity index (χ0) is 17.2. The quantitative estimate of drug-likeness (QED) is 0.535. The molecule has 124 valence electrons. The summed E-state index contributed by atoms with van der Waals surface area (Å²) in [5.41, 5.74) is 4.80. The number of aromatic nitrogens is 2. The zero-order valence-corrected chi connectivity index (χ0v) is 13.9. The van der Waals surface area contributed by atoms with Crippen LogP contribution in [0.3, 0.4) is 0 Å². The van der Waals surface area contributed by atoms with E-state index < -0.39 is 0 Å². The van der Waals surface area contributed by atoms with Gasteiger partial charge in [-0.25, -0.2) is 4.79 Å². The highest BCUT2D eigenvalue weighted by atomic mass is 16.5. The SMILES string of the molecule is Cn1cc(-c2ccccc2C2CC(=Cc3ccccc3)C(=O)O2)cn1. The largest absolute Gasteiger partial charge is 0.454 e. The number of benzene rings is 2. The monoisotopic (exact) mass is 330 g/mol. The molecule has 4 heteroatoms. The average molecular weight is 330 g/mol. The Morgan fingerprint density at radius 3 is 2.64 bits per heavy atom. The van der Waals surface area contributed by atoms with Crippen LogP contribution in [0.1, 0.15) is 23.7 Å². The molecule has 2 aromatic carbocycles. The molecule has 4 nitrogen and oxygen atoms in total. The van der Waals surface area contributed by atoms with E-state index in [0.717, 1.165) is 22.3 Å². The topological polar surface area (TPSA) is 44.1 Å². The Morgan fingerprint density at radius 2 is 1.88 bits per heavy atom. The van der Waals surface area contributed by atoms with Gasteiger partial charge < -0.3 is 4.74 Å². The van der Waals surface area contributed by atoms with E-state index in [4.69, 9.17) is 4.74 Å². The van der Waals surface area contributed by atoms with Gasteiger partial charge in [-0.3, -0.25) is 4.68 Å². The summed E-state index contributed by atoms with van der Waals surface area (Å²) in [6.45, 7) is 0. The summed E-state index contributed by atoms with van der Waals surface area (Å²) in [7, 11) is 1.89. The smallest absolute Gasteiger partial charge is 0.334 e. The summed E-state index contributed by atoms with van der Waals surface area (Å²) in [6, 6.07) is 17.9. The van der Waals surface area contributed by atoms with Crippen LogP contribution in [-0.2, 0) is 16.6 Å². The van der Waals surface area contributed by atoms with Gasteiger partial charge in [-0.2, -0.15) is 5.10 Å². The molecule has 1 unspecified atom stereocenters. The first kappa shape index (κ1) is 15.4. The molecule has 0 aliphatic carbocycles. The molecular weight excluding hydrogens is 312 g/mol. The van der Waals surface area contributed by atoms with Crippen molar-refractivity contribution in [3.05, 3.63) is 83.7 Å². The molecule has 1 aromatic heterocycles. The molecule has 4 rings (SSSR count). The van der Waals surface area contributed by atoms with E-state index in [-0.39, 0.29) is 12.1 Å². The molecule has 2 heterocycles. The van der Waals surface area contributed by atoms with Crippen molar-refractivity contribution < 1.29 is 9.53 Å². The summed E-state index contributed by atoms with van der Waals surface area (Å²) < 4.78 is 7.44. The van der Waals surface area contributed by atoms with E-state index in [9.17, 15) is 4.79 Å². The van der Waals surface area contributed by atoms with Crippen molar-refractivity contribution in [3.63, 3.8) is 0 Å². The van der Waals surface area contributed by atoms with Crippen LogP contribution >= 0.6 is 0 Å². The third kappa shape index (κ3) is 3.11. The molecule has 0 N–H and O–H groups in total. The van der Waals surface area contributed by atoms with E-state index in [0.29, 0.717) is 12.0 Å². The minimum atomic E-state index is -0.265. The van der Waals surface area contributed by atoms with Gasteiger partial charge in [0.15, 0.2) is 0 Å². The van der Waals surface area contributed by atoms with Crippen LogP contribution in [-0.4, -0.2) is 15.7 Å². The number of nitrogens with zero attached hydrogens (tertiary/aromatic N) is 2. The molecule has 0 saturated carbocycles. The number of carbonyl (C=O) groups is 1. The van der Waals surface area contributed by atoms with Gasteiger partial charge in [-0.05, 0) is 17.2 Å². The van der Waals surface area contributed by atoms with Crippen LogP contribution in [0.4, 0.5) is 0 Å². The van der Waals surface area contributed by atoms with Gasteiger partial charge in [0.05, 0.1) is 6.20 Å². The fourth-order valence-electron chi connectivity index (χ4n) is 3.17. The second kappa shape index (κ2) is 6.40. The Labute approximate surface area is 146 Å². The molecule has 0 bridgehead atoms. The van der Waals surface area contributed by atoms with Crippen molar-refractivity contribution in [1.29, 1.82) is 0 Å². The van der Waals surface area contributed by atoms with Crippen LogP contribution < -0.4 is 0 Å². The lowest BCUT2D eigenvalue weighted by atomic mass is 9.95. The Kier molecular flexibility index (Phi) is 3.94. The number of ether oxygens (including phenoxy) is 1. The third-order valence-electron chi connectivity index (χ3n) is 4.38. The Hall–Kier alpha value is -3.14. The maximum absolute atomic E-state index is 12.3. The summed E-state index contributed by atoms with van der Waals surface area (Å²) in [5.74, 6) is -0.241. The molecule has 1 aliphatic rings. The molecule has 1 saturated heterocycles. The molecule has 1 aliphatic heterocycles. The molecule has 1 fully saturated rings. The predicted octanol–water partition coefficient (Wildman–Crippen LogP) is 4.16. The first-order chi connectivity index (χ1) is 12.2. The standard InChI is InChI=1S/C21H18N2O2/c1-23-14-17(13-22-23)18-9-5-6-10-19(18)20-12-16(21(24)25-20)11-15-7-3-2-4-8-15/h2-11,13-14,20H,12H2,1H3. The Balaban J connectivity index is 1.66. The van der Waals surface area contributed by atoms with Gasteiger partial charge >= 0.3 is 5.97 Å². The van der Waals surface area contributed by atoms with E-state index in [1.807, 2.05) is 80.1 Å². The first-order valence-corrected chi connectivity index (χ1v) is 8.25. The molecule has 1 atom stereocenters. The van der Waals surface area contributed by atoms with Crippen LogP contribution in [0, 0.1) is 0 Å². The molecule has 3 aromatic rings. The minimum absolute atomic E-state index is 0.241. The van der Waals surface area contributed by atoms with Crippen molar-refractivity contribution in [1.82, 2.24) is 9.78 Å². The van der Waals surface area contributed by atoms with Crippen molar-refractivity contribution in [2.45, 2.75) is 12.5 Å². The van der Waals surface area contributed by atoms with Gasteiger partial charge in [0.25, 0.3) is 0 Å². The highest BCUT2D eigenvalue weighted by molar-refractivity contribution is 5.96. The average Bonchev–Trinajstić information content (AvgIpc) is 3.22. The van der Waals surface area contributed by atoms with Crippen molar-refractivity contribution >= 4 is 12.0 Å². The Morgan fingerprint density at radius 1 is 1.12 bits per heavy atom. The summed E-state index contributed by atoms with van der Waals surface area (Å²) in [4.78, 5) is 12.3. The van der Waals surface area contributed by atoms with Gasteiger partial charge in [0.1, 0.15) is 6.10 Å². The normalized spacial score (nSPS) is 18.5. The Bertz CT molecular complexity index is 941. The van der Waals surface area contributed by atoms with Crippen LogP contribution in [0.5, 0.6) is 0 Å². The second-order valence-electron chi connectivity index (χ2n) is 6.17. The van der Waals surface area contributed by atoms with Gasteiger partial charge in [0, 0.05) is 36.4 Å². The number of esters is 1. The van der Waals surface area contributed by atoms with Crippen molar-refractivity contribution in [2.75, 3.05) is 0 Å². The number of carbonyl (C=O) groups excluding carboxylic acids is 1. The maximum atomic E-state index is 12.3. The number of hydrogen-bond donors (Lipinski definition) is 0. The van der Waals surface area contributed by atoms with Gasteiger partial charge in [0.2, 0.25) is 0 Å². The van der Waals surface area contributed by atoms with Crippen LogP contribution in [0.2, 0.25) is 0 Å². The lowest BCUT2D eigenvalue weighted by Gasteiger charge is -2.13. The van der Waals surface area contributed by atoms with E-state index in [1.54, 1.807) is 4.68 Å². The molecule has 25 heavy (non-hydrogen) atoms. The number of rotatable bonds is 3. The van der Waals surface area contributed by atoms with Gasteiger partial charge in [-0.1, -0.05) is 54.6 Å². The fraction of sp³-hybridized carbons (Fsp3) is 0.143. The number of aryl methyl sites for hydroxylation is 1. The summed E-state index contributed by atoms with van der Waals surface area (Å²) >= 11 is 0. The number of cyclic esters (lactones) is 1. The molecule has 0 spiro atoms. The highest BCUT2D eigenvalue weighted by Gasteiger charge is 2.31. The molecule has 0 radical (unpaired) electrons. The van der Waals surface area contributed by atoms with Crippen LogP contribution in [0.25, 0.3) is 17.2 Å². The molecular formula is C21H18N2O2. The van der Waals surface area contributed by atoms with Gasteiger partial charge in [-0.15, -0.1) is 0 Å². The third-order valence-corrected chi connectivity index (χ3v) is 4.38. The summed E-state index contributed by atoms with van der Waals surface area (Å²) in [6.07, 6.45) is 6.02. The van der Waals surface area contributed by atoms with Crippen molar-refractivity contribution in [3.8, 4) is 11.1 Å². The highest BCUT2D eigenvalue weighted by Crippen LogP contribution is 2.38. The molecule has 0 amide bonds. The fourth-order valence-corrected chi connectivity index (χ4v) is 3.17. The number of hydrogen-bond acceptors (Lipinski definition) is 3. The zero-order valence-electron chi connectivity index (χ0n) is 13.9. The summed E-state index contributed by atoms with van der Waals surface area (Å²) in [5, 5.41) is 4.24. The van der Waals surface area contributed by atoms with E-state index in [2.05, 4.69) is 5.10 Å². The minimum Gasteiger partial charge on any atom is -0.454 e. The maximum Gasteiger partial charge on any atom is 0.334 e. The van der Waals surface area contributed by atoms with E-state index >= 15 is 0 Å². The van der Waals surface area contributed by atoms with Crippen molar-refractivity contribution in [2.24, 2.45) is 7.05 Å². The van der Waals surface area contributed by atoms with E-state index in [1.165, 1.54) is 0 Å².